The first kappa shape index (κ1) is 14.0. The molecule has 1 atom stereocenters. The molecule has 2 aromatic carbocycles. The predicted molar refractivity (Wildman–Crippen MR) is 90.4 cm³/mol. The van der Waals surface area contributed by atoms with Crippen molar-refractivity contribution in [2.75, 3.05) is 12.8 Å². The van der Waals surface area contributed by atoms with Crippen molar-refractivity contribution in [3.63, 3.8) is 0 Å². The number of benzene rings is 2. The van der Waals surface area contributed by atoms with Gasteiger partial charge in [0, 0.05) is 11.7 Å². The molecule has 0 fully saturated rings. The fourth-order valence-electron chi connectivity index (χ4n) is 2.41. The fraction of sp³-hybridized carbons (Fsp3) is 0.235. The summed E-state index contributed by atoms with van der Waals surface area (Å²) in [7, 11) is 2.12. The number of nitrogen functional groups attached to an aromatic ring is 1. The molecular weight excluding hydrogens is 278 g/mol. The van der Waals surface area contributed by atoms with Crippen LogP contribution in [0.25, 0.3) is 10.2 Å². The van der Waals surface area contributed by atoms with E-state index in [2.05, 4.69) is 43.1 Å². The van der Waals surface area contributed by atoms with Crippen LogP contribution in [0.3, 0.4) is 0 Å². The molecule has 0 aliphatic rings. The third-order valence-corrected chi connectivity index (χ3v) is 4.80. The molecule has 0 saturated heterocycles. The van der Waals surface area contributed by atoms with E-state index in [4.69, 9.17) is 10.7 Å². The minimum absolute atomic E-state index is 0.306. The zero-order valence-corrected chi connectivity index (χ0v) is 13.1. The molecule has 0 spiro atoms. The van der Waals surface area contributed by atoms with Crippen LogP contribution in [0.4, 0.5) is 5.69 Å². The molecule has 1 heterocycles. The van der Waals surface area contributed by atoms with E-state index in [0.717, 1.165) is 22.8 Å². The van der Waals surface area contributed by atoms with Crippen LogP contribution in [-0.2, 0) is 6.54 Å². The Balaban J connectivity index is 1.77. The lowest BCUT2D eigenvalue weighted by Crippen LogP contribution is -2.21. The van der Waals surface area contributed by atoms with E-state index < -0.39 is 0 Å². The Bertz CT molecular complexity index is 717. The van der Waals surface area contributed by atoms with Crippen molar-refractivity contribution in [3.05, 3.63) is 59.1 Å². The van der Waals surface area contributed by atoms with Crippen molar-refractivity contribution < 1.29 is 0 Å². The Kier molecular flexibility index (Phi) is 3.90. The average Bonchev–Trinajstić information content (AvgIpc) is 2.88. The van der Waals surface area contributed by atoms with Crippen molar-refractivity contribution in [2.45, 2.75) is 19.5 Å². The first-order valence-corrected chi connectivity index (χ1v) is 7.85. The van der Waals surface area contributed by atoms with Crippen LogP contribution in [0.2, 0.25) is 0 Å². The molecule has 1 aromatic heterocycles. The summed E-state index contributed by atoms with van der Waals surface area (Å²) in [6, 6.07) is 16.7. The third kappa shape index (κ3) is 3.06. The van der Waals surface area contributed by atoms with Gasteiger partial charge in [0.25, 0.3) is 0 Å². The first-order chi connectivity index (χ1) is 10.1. The van der Waals surface area contributed by atoms with E-state index in [-0.39, 0.29) is 0 Å². The van der Waals surface area contributed by atoms with Crippen LogP contribution >= 0.6 is 11.3 Å². The van der Waals surface area contributed by atoms with Gasteiger partial charge < -0.3 is 5.73 Å². The molecule has 3 rings (SSSR count). The van der Waals surface area contributed by atoms with Crippen LogP contribution in [-0.4, -0.2) is 16.9 Å². The average molecular weight is 297 g/mol. The van der Waals surface area contributed by atoms with Gasteiger partial charge in [0.05, 0.1) is 16.8 Å². The Hall–Kier alpha value is -1.91. The summed E-state index contributed by atoms with van der Waals surface area (Å²) in [4.78, 5) is 7.00. The molecule has 108 valence electrons. The summed E-state index contributed by atoms with van der Waals surface area (Å²) in [5.41, 5.74) is 9.00. The van der Waals surface area contributed by atoms with Crippen molar-refractivity contribution in [3.8, 4) is 0 Å². The van der Waals surface area contributed by atoms with Gasteiger partial charge in [-0.3, -0.25) is 4.90 Å². The van der Waals surface area contributed by atoms with Gasteiger partial charge in [-0.1, -0.05) is 24.3 Å². The lowest BCUT2D eigenvalue weighted by atomic mass is 10.1. The number of aromatic nitrogens is 1. The van der Waals surface area contributed by atoms with Gasteiger partial charge in [-0.15, -0.1) is 11.3 Å². The highest BCUT2D eigenvalue weighted by molar-refractivity contribution is 7.18. The molecule has 4 heteroatoms. The van der Waals surface area contributed by atoms with E-state index >= 15 is 0 Å². The number of para-hydroxylation sites is 1. The summed E-state index contributed by atoms with van der Waals surface area (Å²) in [5.74, 6) is 0. The van der Waals surface area contributed by atoms with Gasteiger partial charge in [0.1, 0.15) is 5.01 Å². The second kappa shape index (κ2) is 5.84. The molecule has 0 bridgehead atoms. The van der Waals surface area contributed by atoms with Gasteiger partial charge in [-0.25, -0.2) is 4.98 Å². The van der Waals surface area contributed by atoms with Crippen LogP contribution in [0.15, 0.2) is 48.5 Å². The van der Waals surface area contributed by atoms with Gasteiger partial charge in [-0.05, 0) is 43.8 Å². The Labute approximate surface area is 129 Å². The number of anilines is 1. The van der Waals surface area contributed by atoms with Crippen molar-refractivity contribution in [1.29, 1.82) is 0 Å². The zero-order chi connectivity index (χ0) is 14.8. The lowest BCUT2D eigenvalue weighted by molar-refractivity contribution is 0.253. The van der Waals surface area contributed by atoms with Crippen molar-refractivity contribution >= 4 is 27.2 Å². The maximum atomic E-state index is 5.87. The molecule has 3 aromatic rings. The van der Waals surface area contributed by atoms with Gasteiger partial charge >= 0.3 is 0 Å². The number of rotatable bonds is 4. The number of thiazole rings is 1. The zero-order valence-electron chi connectivity index (χ0n) is 12.3. The number of hydrogen-bond acceptors (Lipinski definition) is 4. The second-order valence-corrected chi connectivity index (χ2v) is 6.45. The molecule has 0 aliphatic carbocycles. The lowest BCUT2D eigenvalue weighted by Gasteiger charge is -2.24. The normalized spacial score (nSPS) is 12.9. The van der Waals surface area contributed by atoms with Crippen LogP contribution < -0.4 is 5.73 Å². The summed E-state index contributed by atoms with van der Waals surface area (Å²) in [6.45, 7) is 3.04. The molecule has 3 nitrogen and oxygen atoms in total. The molecule has 0 radical (unpaired) electrons. The first-order valence-electron chi connectivity index (χ1n) is 7.03. The number of fused-ring (bicyclic) bond motifs is 1. The topological polar surface area (TPSA) is 42.1 Å². The maximum absolute atomic E-state index is 5.87. The minimum atomic E-state index is 0.306. The van der Waals surface area contributed by atoms with E-state index in [1.54, 1.807) is 11.3 Å². The van der Waals surface area contributed by atoms with Gasteiger partial charge in [0.15, 0.2) is 0 Å². The molecular formula is C17H19N3S. The fourth-order valence-corrected chi connectivity index (χ4v) is 3.44. The SMILES string of the molecule is CC(c1cccc(N)c1)N(C)Cc1nc2ccccc2s1. The summed E-state index contributed by atoms with van der Waals surface area (Å²) < 4.78 is 1.25. The monoisotopic (exact) mass is 297 g/mol. The minimum Gasteiger partial charge on any atom is -0.399 e. The molecule has 2 N–H and O–H groups in total. The summed E-state index contributed by atoms with van der Waals surface area (Å²) in [5, 5.41) is 1.15. The Morgan fingerprint density at radius 2 is 2.00 bits per heavy atom. The number of hydrogen-bond donors (Lipinski definition) is 1. The standard InChI is InChI=1S/C17H19N3S/c1-12(13-6-5-7-14(18)10-13)20(2)11-17-19-15-8-3-4-9-16(15)21-17/h3-10,12H,11,18H2,1-2H3. The van der Waals surface area contributed by atoms with E-state index in [1.165, 1.54) is 10.3 Å². The largest absolute Gasteiger partial charge is 0.399 e. The van der Waals surface area contributed by atoms with Crippen LogP contribution in [0.5, 0.6) is 0 Å². The van der Waals surface area contributed by atoms with E-state index in [1.807, 2.05) is 24.3 Å². The van der Waals surface area contributed by atoms with E-state index in [0.29, 0.717) is 6.04 Å². The molecule has 1 unspecified atom stereocenters. The molecule has 21 heavy (non-hydrogen) atoms. The quantitative estimate of drug-likeness (QED) is 0.738. The predicted octanol–water partition coefficient (Wildman–Crippen LogP) is 4.07. The van der Waals surface area contributed by atoms with Crippen LogP contribution in [0.1, 0.15) is 23.5 Å². The highest BCUT2D eigenvalue weighted by Crippen LogP contribution is 2.26. The van der Waals surface area contributed by atoms with Crippen molar-refractivity contribution in [2.24, 2.45) is 0 Å². The third-order valence-electron chi connectivity index (χ3n) is 3.78. The number of nitrogens with two attached hydrogens (primary N) is 1. The molecule has 0 amide bonds. The molecule has 0 saturated carbocycles. The summed E-state index contributed by atoms with van der Waals surface area (Å²) >= 11 is 1.76. The Morgan fingerprint density at radius 3 is 2.76 bits per heavy atom. The highest BCUT2D eigenvalue weighted by atomic mass is 32.1. The smallest absolute Gasteiger partial charge is 0.108 e. The van der Waals surface area contributed by atoms with E-state index in [9.17, 15) is 0 Å². The van der Waals surface area contributed by atoms with Crippen molar-refractivity contribution in [1.82, 2.24) is 9.88 Å². The second-order valence-electron chi connectivity index (χ2n) is 5.34. The van der Waals surface area contributed by atoms with Gasteiger partial charge in [-0.2, -0.15) is 0 Å². The van der Waals surface area contributed by atoms with Crippen LogP contribution in [0, 0.1) is 0 Å². The Morgan fingerprint density at radius 1 is 1.19 bits per heavy atom. The summed E-state index contributed by atoms with van der Waals surface area (Å²) in [6.07, 6.45) is 0. The maximum Gasteiger partial charge on any atom is 0.108 e. The van der Waals surface area contributed by atoms with Gasteiger partial charge in [0.2, 0.25) is 0 Å². The number of nitrogens with zero attached hydrogens (tertiary/aromatic N) is 2. The molecule has 0 aliphatic heterocycles. The highest BCUT2D eigenvalue weighted by Gasteiger charge is 2.14.